The summed E-state index contributed by atoms with van der Waals surface area (Å²) in [6, 6.07) is 0. The van der Waals surface area contributed by atoms with Crippen LogP contribution in [0.3, 0.4) is 0 Å². The lowest BCUT2D eigenvalue weighted by molar-refractivity contribution is -0.143. The van der Waals surface area contributed by atoms with Gasteiger partial charge in [0.25, 0.3) is 0 Å². The lowest BCUT2D eigenvalue weighted by Crippen LogP contribution is -2.46. The van der Waals surface area contributed by atoms with Crippen molar-refractivity contribution < 1.29 is 19.1 Å². The largest absolute Gasteiger partial charge is 0.469 e. The van der Waals surface area contributed by atoms with Gasteiger partial charge in [0.2, 0.25) is 0 Å². The molecule has 24 heavy (non-hydrogen) atoms. The predicted molar refractivity (Wildman–Crippen MR) is 102 cm³/mol. The van der Waals surface area contributed by atoms with Crippen LogP contribution in [0.4, 0.5) is 0 Å². The molecule has 0 unspecified atom stereocenters. The number of aliphatic hydroxyl groups excluding tert-OH is 1. The van der Waals surface area contributed by atoms with E-state index in [0.29, 0.717) is 6.42 Å². The molecule has 0 rings (SSSR count). The predicted octanol–water partition coefficient (Wildman–Crippen LogP) is 4.54. The number of esters is 1. The Labute approximate surface area is 149 Å². The van der Waals surface area contributed by atoms with Crippen LogP contribution in [0.25, 0.3) is 0 Å². The van der Waals surface area contributed by atoms with E-state index in [1.807, 2.05) is 6.92 Å². The van der Waals surface area contributed by atoms with Crippen LogP contribution in [0.5, 0.6) is 0 Å². The van der Waals surface area contributed by atoms with Gasteiger partial charge in [0.15, 0.2) is 8.32 Å². The zero-order valence-electron chi connectivity index (χ0n) is 16.9. The smallest absolute Gasteiger partial charge is 0.308 e. The second-order valence-corrected chi connectivity index (χ2v) is 13.2. The molecule has 0 aliphatic heterocycles. The molecular weight excluding hydrogens is 320 g/mol. The molecule has 0 heterocycles. The minimum absolute atomic E-state index is 0.0672. The molecular formula is C19H38O4Si. The van der Waals surface area contributed by atoms with Crippen LogP contribution in [0.1, 0.15) is 53.9 Å². The number of hydrogen-bond donors (Lipinski definition) is 1. The van der Waals surface area contributed by atoms with Gasteiger partial charge in [0, 0.05) is 0 Å². The third-order valence-corrected chi connectivity index (χ3v) is 9.88. The SMILES string of the molecule is C=C[C@@H](C)[C@@H](O)CC[C@H](C)[C@@H](CC(=O)OC)O[Si](C)(C)C(C)(C)C. The van der Waals surface area contributed by atoms with Gasteiger partial charge in [-0.2, -0.15) is 0 Å². The Morgan fingerprint density at radius 1 is 1.25 bits per heavy atom. The summed E-state index contributed by atoms with van der Waals surface area (Å²) in [6.45, 7) is 18.7. The summed E-state index contributed by atoms with van der Waals surface area (Å²) in [4.78, 5) is 11.8. The van der Waals surface area contributed by atoms with Gasteiger partial charge in [-0.05, 0) is 42.8 Å². The maximum atomic E-state index is 11.8. The van der Waals surface area contributed by atoms with Crippen molar-refractivity contribution in [1.82, 2.24) is 0 Å². The molecule has 0 aliphatic carbocycles. The molecule has 0 saturated carbocycles. The number of rotatable bonds is 10. The Hall–Kier alpha value is -0.653. The van der Waals surface area contributed by atoms with Gasteiger partial charge in [-0.1, -0.05) is 40.7 Å². The van der Waals surface area contributed by atoms with Crippen LogP contribution in [0.2, 0.25) is 18.1 Å². The van der Waals surface area contributed by atoms with Gasteiger partial charge < -0.3 is 14.3 Å². The second kappa shape index (κ2) is 9.73. The lowest BCUT2D eigenvalue weighted by Gasteiger charge is -2.41. The summed E-state index contributed by atoms with van der Waals surface area (Å²) in [5.74, 6) is -0.00646. The minimum atomic E-state index is -1.98. The van der Waals surface area contributed by atoms with Crippen molar-refractivity contribution in [2.24, 2.45) is 11.8 Å². The van der Waals surface area contributed by atoms with Crippen molar-refractivity contribution in [1.29, 1.82) is 0 Å². The second-order valence-electron chi connectivity index (χ2n) is 8.41. The number of methoxy groups -OCH3 is 1. The number of ether oxygens (including phenoxy) is 1. The van der Waals surface area contributed by atoms with Crippen LogP contribution in [0, 0.1) is 11.8 Å². The Kier molecular flexibility index (Phi) is 9.47. The molecule has 0 fully saturated rings. The summed E-state index contributed by atoms with van der Waals surface area (Å²) in [6.07, 6.45) is 2.92. The number of hydrogen-bond acceptors (Lipinski definition) is 4. The monoisotopic (exact) mass is 358 g/mol. The summed E-state index contributed by atoms with van der Waals surface area (Å²) in [5.41, 5.74) is 0. The zero-order valence-corrected chi connectivity index (χ0v) is 17.9. The molecule has 142 valence electrons. The van der Waals surface area contributed by atoms with Crippen molar-refractivity contribution >= 4 is 14.3 Å². The van der Waals surface area contributed by atoms with E-state index in [2.05, 4.69) is 47.4 Å². The van der Waals surface area contributed by atoms with Gasteiger partial charge in [-0.3, -0.25) is 4.79 Å². The highest BCUT2D eigenvalue weighted by molar-refractivity contribution is 6.74. The van der Waals surface area contributed by atoms with Crippen LogP contribution in [0.15, 0.2) is 12.7 Å². The zero-order chi connectivity index (χ0) is 19.1. The van der Waals surface area contributed by atoms with Crippen LogP contribution in [-0.2, 0) is 14.0 Å². The molecule has 0 amide bonds. The molecule has 4 atom stereocenters. The van der Waals surface area contributed by atoms with E-state index in [0.717, 1.165) is 6.42 Å². The van der Waals surface area contributed by atoms with Crippen molar-refractivity contribution in [2.45, 2.75) is 84.2 Å². The van der Waals surface area contributed by atoms with Crippen LogP contribution in [-0.4, -0.2) is 38.7 Å². The molecule has 0 bridgehead atoms. The molecule has 0 aliphatic rings. The molecule has 0 aromatic heterocycles. The molecule has 1 N–H and O–H groups in total. The highest BCUT2D eigenvalue weighted by Gasteiger charge is 2.40. The fourth-order valence-electron chi connectivity index (χ4n) is 2.20. The standard InChI is InChI=1S/C19H38O4Si/c1-10-14(2)16(20)12-11-15(3)17(13-18(21)22-7)23-24(8,9)19(4,5)6/h10,14-17,20H,1,11-13H2,2-9H3/t14-,15+,16+,17-/m1/s1. The third kappa shape index (κ3) is 7.49. The fraction of sp³-hybridized carbons (Fsp3) is 0.842. The van der Waals surface area contributed by atoms with Gasteiger partial charge >= 0.3 is 5.97 Å². The van der Waals surface area contributed by atoms with Crippen molar-refractivity contribution in [3.8, 4) is 0 Å². The number of carbonyl (C=O) groups is 1. The molecule has 0 spiro atoms. The topological polar surface area (TPSA) is 55.8 Å². The highest BCUT2D eigenvalue weighted by Crippen LogP contribution is 2.39. The lowest BCUT2D eigenvalue weighted by atomic mass is 9.92. The highest BCUT2D eigenvalue weighted by atomic mass is 28.4. The minimum Gasteiger partial charge on any atom is -0.469 e. The molecule has 0 aromatic carbocycles. The number of carbonyl (C=O) groups excluding carboxylic acids is 1. The van der Waals surface area contributed by atoms with E-state index in [1.54, 1.807) is 6.08 Å². The van der Waals surface area contributed by atoms with Crippen molar-refractivity contribution in [3.05, 3.63) is 12.7 Å². The van der Waals surface area contributed by atoms with E-state index in [-0.39, 0.29) is 35.4 Å². The van der Waals surface area contributed by atoms with E-state index in [4.69, 9.17) is 9.16 Å². The Morgan fingerprint density at radius 3 is 2.21 bits per heavy atom. The first-order valence-corrected chi connectivity index (χ1v) is 11.8. The quantitative estimate of drug-likeness (QED) is 0.354. The first-order chi connectivity index (χ1) is 10.9. The molecule has 0 radical (unpaired) electrons. The van der Waals surface area contributed by atoms with Gasteiger partial charge in [-0.15, -0.1) is 6.58 Å². The van der Waals surface area contributed by atoms with E-state index < -0.39 is 14.4 Å². The normalized spacial score (nSPS) is 17.7. The summed E-state index contributed by atoms with van der Waals surface area (Å²) in [7, 11) is -0.573. The summed E-state index contributed by atoms with van der Waals surface area (Å²) >= 11 is 0. The molecule has 4 nitrogen and oxygen atoms in total. The number of aliphatic hydroxyl groups is 1. The van der Waals surface area contributed by atoms with Gasteiger partial charge in [0.1, 0.15) is 0 Å². The Morgan fingerprint density at radius 2 is 1.79 bits per heavy atom. The van der Waals surface area contributed by atoms with Crippen LogP contribution >= 0.6 is 0 Å². The third-order valence-electron chi connectivity index (χ3n) is 5.38. The van der Waals surface area contributed by atoms with Gasteiger partial charge in [-0.25, -0.2) is 0 Å². The maximum Gasteiger partial charge on any atom is 0.308 e. The summed E-state index contributed by atoms with van der Waals surface area (Å²) in [5, 5.41) is 10.2. The van der Waals surface area contributed by atoms with E-state index in [1.165, 1.54) is 7.11 Å². The average molecular weight is 359 g/mol. The van der Waals surface area contributed by atoms with Gasteiger partial charge in [0.05, 0.1) is 25.7 Å². The fourth-order valence-corrected chi connectivity index (χ4v) is 3.63. The molecule has 0 aromatic rings. The average Bonchev–Trinajstić information content (AvgIpc) is 2.48. The molecule has 0 saturated heterocycles. The summed E-state index contributed by atoms with van der Waals surface area (Å²) < 4.78 is 11.3. The Bertz CT molecular complexity index is 401. The molecule has 5 heteroatoms. The first kappa shape index (κ1) is 23.3. The Balaban J connectivity index is 4.99. The maximum absolute atomic E-state index is 11.8. The van der Waals surface area contributed by atoms with Crippen molar-refractivity contribution in [2.75, 3.05) is 7.11 Å². The first-order valence-electron chi connectivity index (χ1n) is 8.91. The van der Waals surface area contributed by atoms with Crippen molar-refractivity contribution in [3.63, 3.8) is 0 Å². The van der Waals surface area contributed by atoms with E-state index >= 15 is 0 Å². The van der Waals surface area contributed by atoms with Crippen LogP contribution < -0.4 is 0 Å². The van der Waals surface area contributed by atoms with E-state index in [9.17, 15) is 9.90 Å².